The number of fused-ring (bicyclic) bond motifs is 1. The molecule has 0 aliphatic heterocycles. The van der Waals surface area contributed by atoms with Crippen LogP contribution in [0.5, 0.6) is 5.75 Å². The lowest BCUT2D eigenvalue weighted by atomic mass is 10.1. The van der Waals surface area contributed by atoms with Crippen LogP contribution in [0.3, 0.4) is 0 Å². The van der Waals surface area contributed by atoms with Crippen LogP contribution in [0.4, 0.5) is 14.5 Å². The van der Waals surface area contributed by atoms with Gasteiger partial charge in [0.15, 0.2) is 11.6 Å². The standard InChI is InChI=1S/C21H20F2N2O2/c1-2-3-12-27-21-18(8-6-16(22)20(21)23)25-19(26)9-5-14-4-7-17-15(13-14)10-11-24-17/h4-11,13,24H,2-3,12H2,1H3,(H,25,26)/b9-5+. The van der Waals surface area contributed by atoms with Gasteiger partial charge in [0.25, 0.3) is 0 Å². The summed E-state index contributed by atoms with van der Waals surface area (Å²) in [5.74, 6) is -2.87. The number of hydrogen-bond donors (Lipinski definition) is 2. The average molecular weight is 370 g/mol. The molecule has 2 N–H and O–H groups in total. The van der Waals surface area contributed by atoms with E-state index in [0.29, 0.717) is 6.42 Å². The fraction of sp³-hybridized carbons (Fsp3) is 0.190. The predicted molar refractivity (Wildman–Crippen MR) is 103 cm³/mol. The monoisotopic (exact) mass is 370 g/mol. The van der Waals surface area contributed by atoms with E-state index in [2.05, 4.69) is 10.3 Å². The van der Waals surface area contributed by atoms with E-state index in [1.54, 1.807) is 6.08 Å². The topological polar surface area (TPSA) is 54.1 Å². The molecule has 1 aromatic heterocycles. The number of rotatable bonds is 7. The molecule has 4 nitrogen and oxygen atoms in total. The second-order valence-corrected chi connectivity index (χ2v) is 6.09. The number of ether oxygens (including phenoxy) is 1. The minimum absolute atomic E-state index is 0.0979. The number of aromatic nitrogens is 1. The molecule has 0 unspecified atom stereocenters. The summed E-state index contributed by atoms with van der Waals surface area (Å²) in [5, 5.41) is 3.58. The van der Waals surface area contributed by atoms with Crippen molar-refractivity contribution >= 4 is 28.6 Å². The van der Waals surface area contributed by atoms with Gasteiger partial charge in [-0.3, -0.25) is 4.79 Å². The van der Waals surface area contributed by atoms with Crippen LogP contribution in [0.1, 0.15) is 25.3 Å². The number of unbranched alkanes of at least 4 members (excludes halogenated alkanes) is 1. The van der Waals surface area contributed by atoms with Crippen molar-refractivity contribution < 1.29 is 18.3 Å². The van der Waals surface area contributed by atoms with Gasteiger partial charge in [-0.05, 0) is 53.8 Å². The zero-order chi connectivity index (χ0) is 19.2. The first-order chi connectivity index (χ1) is 13.1. The molecule has 0 aliphatic carbocycles. The number of amides is 1. The lowest BCUT2D eigenvalue weighted by Gasteiger charge is -2.12. The largest absolute Gasteiger partial charge is 0.488 e. The molecular weight excluding hydrogens is 350 g/mol. The van der Waals surface area contributed by atoms with Crippen molar-refractivity contribution in [1.82, 2.24) is 4.98 Å². The quantitative estimate of drug-likeness (QED) is 0.439. The molecule has 3 aromatic rings. The van der Waals surface area contributed by atoms with Crippen LogP contribution < -0.4 is 10.1 Å². The number of anilines is 1. The maximum absolute atomic E-state index is 14.0. The van der Waals surface area contributed by atoms with E-state index >= 15 is 0 Å². The van der Waals surface area contributed by atoms with Crippen LogP contribution in [0.2, 0.25) is 0 Å². The maximum Gasteiger partial charge on any atom is 0.248 e. The fourth-order valence-electron chi connectivity index (χ4n) is 2.61. The Morgan fingerprint density at radius 2 is 2.07 bits per heavy atom. The Balaban J connectivity index is 1.73. The van der Waals surface area contributed by atoms with Crippen molar-refractivity contribution in [3.8, 4) is 5.75 Å². The van der Waals surface area contributed by atoms with Gasteiger partial charge in [-0.15, -0.1) is 0 Å². The van der Waals surface area contributed by atoms with Gasteiger partial charge in [0.05, 0.1) is 12.3 Å². The van der Waals surface area contributed by atoms with Crippen molar-refractivity contribution in [3.63, 3.8) is 0 Å². The molecule has 0 bridgehead atoms. The van der Waals surface area contributed by atoms with Crippen LogP contribution in [0.15, 0.2) is 48.7 Å². The van der Waals surface area contributed by atoms with Gasteiger partial charge in [-0.2, -0.15) is 4.39 Å². The number of aromatic amines is 1. The first-order valence-corrected chi connectivity index (χ1v) is 8.75. The normalized spacial score (nSPS) is 11.2. The first kappa shape index (κ1) is 18.6. The highest BCUT2D eigenvalue weighted by molar-refractivity contribution is 6.03. The number of carbonyl (C=O) groups is 1. The van der Waals surface area contributed by atoms with Crippen LogP contribution in [-0.2, 0) is 4.79 Å². The third kappa shape index (κ3) is 4.53. The number of carbonyl (C=O) groups excluding carboxylic acids is 1. The van der Waals surface area contributed by atoms with Crippen LogP contribution in [0, 0.1) is 11.6 Å². The van der Waals surface area contributed by atoms with Gasteiger partial charge in [0.2, 0.25) is 11.7 Å². The van der Waals surface area contributed by atoms with E-state index in [1.807, 2.05) is 37.4 Å². The predicted octanol–water partition coefficient (Wildman–Crippen LogP) is 5.28. The summed E-state index contributed by atoms with van der Waals surface area (Å²) in [6.45, 7) is 2.20. The lowest BCUT2D eigenvalue weighted by molar-refractivity contribution is -0.111. The molecule has 0 saturated carbocycles. The number of halogens is 2. The average Bonchev–Trinajstić information content (AvgIpc) is 3.13. The maximum atomic E-state index is 14.0. The molecule has 0 spiro atoms. The van der Waals surface area contributed by atoms with Crippen LogP contribution in [-0.4, -0.2) is 17.5 Å². The van der Waals surface area contributed by atoms with Crippen molar-refractivity contribution in [2.24, 2.45) is 0 Å². The van der Waals surface area contributed by atoms with E-state index < -0.39 is 17.5 Å². The summed E-state index contributed by atoms with van der Waals surface area (Å²) in [5.41, 5.74) is 1.95. The summed E-state index contributed by atoms with van der Waals surface area (Å²) in [4.78, 5) is 15.3. The highest BCUT2D eigenvalue weighted by atomic mass is 19.2. The fourth-order valence-corrected chi connectivity index (χ4v) is 2.61. The highest BCUT2D eigenvalue weighted by Crippen LogP contribution is 2.30. The number of hydrogen-bond acceptors (Lipinski definition) is 2. The van der Waals surface area contributed by atoms with Crippen LogP contribution >= 0.6 is 0 Å². The van der Waals surface area contributed by atoms with Crippen molar-refractivity contribution in [1.29, 1.82) is 0 Å². The molecule has 0 fully saturated rings. The molecular formula is C21H20F2N2O2. The van der Waals surface area contributed by atoms with E-state index in [0.717, 1.165) is 29.0 Å². The SMILES string of the molecule is CCCCOc1c(NC(=O)/C=C/c2ccc3[nH]ccc3c2)ccc(F)c1F. The summed E-state index contributed by atoms with van der Waals surface area (Å²) in [7, 11) is 0. The summed E-state index contributed by atoms with van der Waals surface area (Å²) in [6.07, 6.45) is 6.38. The van der Waals surface area contributed by atoms with Gasteiger partial charge < -0.3 is 15.0 Å². The van der Waals surface area contributed by atoms with E-state index in [9.17, 15) is 13.6 Å². The molecule has 2 aromatic carbocycles. The van der Waals surface area contributed by atoms with Gasteiger partial charge in [0.1, 0.15) is 0 Å². The zero-order valence-electron chi connectivity index (χ0n) is 14.9. The van der Waals surface area contributed by atoms with Crippen molar-refractivity contribution in [2.45, 2.75) is 19.8 Å². The zero-order valence-corrected chi connectivity index (χ0v) is 14.9. The minimum atomic E-state index is -1.11. The number of H-pyrrole nitrogens is 1. The molecule has 0 saturated heterocycles. The Morgan fingerprint density at radius 3 is 2.89 bits per heavy atom. The summed E-state index contributed by atoms with van der Waals surface area (Å²) < 4.78 is 32.9. The molecule has 27 heavy (non-hydrogen) atoms. The smallest absolute Gasteiger partial charge is 0.248 e. The second-order valence-electron chi connectivity index (χ2n) is 6.09. The van der Waals surface area contributed by atoms with Crippen molar-refractivity contribution in [3.05, 3.63) is 65.9 Å². The summed E-state index contributed by atoms with van der Waals surface area (Å²) >= 11 is 0. The molecule has 1 heterocycles. The molecule has 0 atom stereocenters. The summed E-state index contributed by atoms with van der Waals surface area (Å²) in [6, 6.07) is 9.92. The van der Waals surface area contributed by atoms with Crippen LogP contribution in [0.25, 0.3) is 17.0 Å². The molecule has 1 amide bonds. The Kier molecular flexibility index (Phi) is 5.86. The van der Waals surface area contributed by atoms with Gasteiger partial charge in [-0.25, -0.2) is 4.39 Å². The Labute approximate surface area is 155 Å². The Morgan fingerprint density at radius 1 is 1.22 bits per heavy atom. The molecule has 0 radical (unpaired) electrons. The number of nitrogens with one attached hydrogen (secondary N) is 2. The second kappa shape index (κ2) is 8.49. The van der Waals surface area contributed by atoms with E-state index in [-0.39, 0.29) is 18.0 Å². The molecule has 6 heteroatoms. The third-order valence-electron chi connectivity index (χ3n) is 4.06. The van der Waals surface area contributed by atoms with E-state index in [1.165, 1.54) is 12.1 Å². The Bertz CT molecular complexity index is 979. The molecule has 3 rings (SSSR count). The van der Waals surface area contributed by atoms with Gasteiger partial charge in [0, 0.05) is 17.8 Å². The molecule has 140 valence electrons. The molecule has 0 aliphatic rings. The van der Waals surface area contributed by atoms with Crippen molar-refractivity contribution in [2.75, 3.05) is 11.9 Å². The highest BCUT2D eigenvalue weighted by Gasteiger charge is 2.16. The third-order valence-corrected chi connectivity index (χ3v) is 4.06. The Hall–Kier alpha value is -3.15. The van der Waals surface area contributed by atoms with Gasteiger partial charge in [-0.1, -0.05) is 19.4 Å². The first-order valence-electron chi connectivity index (χ1n) is 8.75. The lowest BCUT2D eigenvalue weighted by Crippen LogP contribution is -2.11. The van der Waals surface area contributed by atoms with E-state index in [4.69, 9.17) is 4.74 Å². The number of benzene rings is 2. The van der Waals surface area contributed by atoms with Gasteiger partial charge >= 0.3 is 0 Å². The minimum Gasteiger partial charge on any atom is -0.488 e.